The van der Waals surface area contributed by atoms with Crippen LogP contribution in [0.25, 0.3) is 5.52 Å². The van der Waals surface area contributed by atoms with Crippen LogP contribution < -0.4 is 5.73 Å². The molecule has 2 unspecified atom stereocenters. The van der Waals surface area contributed by atoms with Gasteiger partial charge in [0, 0.05) is 12.8 Å². The maximum atomic E-state index is 12.7. The van der Waals surface area contributed by atoms with Gasteiger partial charge in [-0.05, 0) is 30.9 Å². The fourth-order valence-electron chi connectivity index (χ4n) is 4.56. The molecule has 174 valence electrons. The van der Waals surface area contributed by atoms with Crippen molar-refractivity contribution in [2.24, 2.45) is 5.92 Å². The highest BCUT2D eigenvalue weighted by molar-refractivity contribution is 5.70. The van der Waals surface area contributed by atoms with Crippen molar-refractivity contribution in [3.8, 4) is 0 Å². The number of ether oxygens (including phenoxy) is 3. The molecule has 4 atom stereocenters. The summed E-state index contributed by atoms with van der Waals surface area (Å²) < 4.78 is 18.5. The van der Waals surface area contributed by atoms with E-state index in [0.717, 1.165) is 25.7 Å². The van der Waals surface area contributed by atoms with Crippen molar-refractivity contribution in [1.82, 2.24) is 14.6 Å². The van der Waals surface area contributed by atoms with Gasteiger partial charge in [-0.3, -0.25) is 9.59 Å². The minimum absolute atomic E-state index is 0.123. The second-order valence-electron chi connectivity index (χ2n) is 8.49. The van der Waals surface area contributed by atoms with Gasteiger partial charge in [0.1, 0.15) is 36.8 Å². The Balaban J connectivity index is 1.52. The lowest BCUT2D eigenvalue weighted by molar-refractivity contribution is -0.161. The van der Waals surface area contributed by atoms with Crippen molar-refractivity contribution < 1.29 is 28.9 Å². The fraction of sp³-hybridized carbons (Fsp3) is 0.636. The number of nitrogens with two attached hydrogens (primary N) is 1. The highest BCUT2D eigenvalue weighted by Gasteiger charge is 2.48. The fourth-order valence-corrected chi connectivity index (χ4v) is 4.56. The average molecular weight is 447 g/mol. The second kappa shape index (κ2) is 9.83. The summed E-state index contributed by atoms with van der Waals surface area (Å²) in [5, 5.41) is 15.3. The van der Waals surface area contributed by atoms with Crippen LogP contribution >= 0.6 is 0 Å². The lowest BCUT2D eigenvalue weighted by Gasteiger charge is -2.24. The van der Waals surface area contributed by atoms with E-state index in [-0.39, 0.29) is 19.0 Å². The zero-order valence-corrected chi connectivity index (χ0v) is 18.2. The summed E-state index contributed by atoms with van der Waals surface area (Å²) in [7, 11) is 0. The summed E-state index contributed by atoms with van der Waals surface area (Å²) in [4.78, 5) is 28.3. The number of aliphatic hydroxyl groups is 1. The molecule has 1 saturated heterocycles. The molecule has 1 aliphatic carbocycles. The number of esters is 2. The standard InChI is InChI=1S/C22H30N4O6/c1-2-17(27)30-11-16-21(32-18(28)10-13-6-4-3-5-7-13)19(29)20(31-16)14-8-9-15-22(23)24-12-25-26(14)15/h8-9,12-13,16,19-21,29H,2-7,10-11H2,1H3,(H2,23,24,25)/t16?,19-,20?,21+/m0/s1. The number of rotatable bonds is 7. The van der Waals surface area contributed by atoms with Gasteiger partial charge in [-0.25, -0.2) is 9.50 Å². The molecule has 0 amide bonds. The first-order chi connectivity index (χ1) is 15.5. The SMILES string of the molecule is CCC(=O)OCC1OC(c2ccc3c(N)ncnn23)[C@H](O)[C@@H]1OC(=O)CC1CCCCC1. The number of fused-ring (bicyclic) bond motifs is 1. The lowest BCUT2D eigenvalue weighted by atomic mass is 9.87. The van der Waals surface area contributed by atoms with E-state index < -0.39 is 30.4 Å². The largest absolute Gasteiger partial charge is 0.463 e. The maximum absolute atomic E-state index is 12.7. The van der Waals surface area contributed by atoms with Crippen LogP contribution in [-0.4, -0.2) is 56.6 Å². The van der Waals surface area contributed by atoms with Crippen molar-refractivity contribution in [3.63, 3.8) is 0 Å². The quantitative estimate of drug-likeness (QED) is 0.611. The second-order valence-corrected chi connectivity index (χ2v) is 8.49. The zero-order valence-electron chi connectivity index (χ0n) is 18.2. The molecule has 0 spiro atoms. The predicted molar refractivity (Wildman–Crippen MR) is 113 cm³/mol. The van der Waals surface area contributed by atoms with Crippen LogP contribution in [0, 0.1) is 5.92 Å². The van der Waals surface area contributed by atoms with Gasteiger partial charge in [-0.15, -0.1) is 0 Å². The molecule has 0 radical (unpaired) electrons. The number of hydrogen-bond acceptors (Lipinski definition) is 9. The molecule has 2 aliphatic rings. The molecule has 1 aliphatic heterocycles. The third-order valence-corrected chi connectivity index (χ3v) is 6.28. The van der Waals surface area contributed by atoms with Crippen LogP contribution in [0.5, 0.6) is 0 Å². The maximum Gasteiger partial charge on any atom is 0.306 e. The normalized spacial score (nSPS) is 26.3. The van der Waals surface area contributed by atoms with Gasteiger partial charge in [0.2, 0.25) is 0 Å². The number of carbonyl (C=O) groups excluding carboxylic acids is 2. The molecule has 3 N–H and O–H groups in total. The Hall–Kier alpha value is -2.72. The molecule has 1 saturated carbocycles. The highest BCUT2D eigenvalue weighted by atomic mass is 16.6. The van der Waals surface area contributed by atoms with Gasteiger partial charge in [0.15, 0.2) is 11.9 Å². The number of nitrogen functional groups attached to an aromatic ring is 1. The lowest BCUT2D eigenvalue weighted by Crippen LogP contribution is -2.38. The highest BCUT2D eigenvalue weighted by Crippen LogP contribution is 2.37. The number of hydrogen-bond donors (Lipinski definition) is 2. The smallest absolute Gasteiger partial charge is 0.306 e. The number of aromatic nitrogens is 3. The van der Waals surface area contributed by atoms with Crippen LogP contribution in [0.1, 0.15) is 63.7 Å². The Morgan fingerprint density at radius 1 is 1.25 bits per heavy atom. The third-order valence-electron chi connectivity index (χ3n) is 6.28. The topological polar surface area (TPSA) is 138 Å². The minimum Gasteiger partial charge on any atom is -0.463 e. The van der Waals surface area contributed by atoms with Crippen molar-refractivity contribution in [2.75, 3.05) is 12.3 Å². The van der Waals surface area contributed by atoms with E-state index in [2.05, 4.69) is 10.1 Å². The van der Waals surface area contributed by atoms with Gasteiger partial charge in [0.25, 0.3) is 0 Å². The van der Waals surface area contributed by atoms with Crippen molar-refractivity contribution in [1.29, 1.82) is 0 Å². The summed E-state index contributed by atoms with van der Waals surface area (Å²) in [6, 6.07) is 3.46. The molecular formula is C22H30N4O6. The van der Waals surface area contributed by atoms with Crippen LogP contribution in [0.3, 0.4) is 0 Å². The number of anilines is 1. The monoisotopic (exact) mass is 446 g/mol. The van der Waals surface area contributed by atoms with Gasteiger partial charge >= 0.3 is 11.9 Å². The third kappa shape index (κ3) is 4.71. The Kier molecular flexibility index (Phi) is 6.90. The molecule has 3 heterocycles. The van der Waals surface area contributed by atoms with E-state index in [1.807, 2.05) is 0 Å². The Labute approximate surface area is 186 Å². The molecule has 2 fully saturated rings. The van der Waals surface area contributed by atoms with Crippen LogP contribution in [0.4, 0.5) is 5.82 Å². The number of carbonyl (C=O) groups is 2. The summed E-state index contributed by atoms with van der Waals surface area (Å²) in [5.41, 5.74) is 7.02. The molecule has 4 rings (SSSR count). The minimum atomic E-state index is -1.16. The summed E-state index contributed by atoms with van der Waals surface area (Å²) in [5.74, 6) is -0.171. The first kappa shape index (κ1) is 22.5. The molecular weight excluding hydrogens is 416 g/mol. The first-order valence-electron chi connectivity index (χ1n) is 11.2. The van der Waals surface area contributed by atoms with Gasteiger partial charge in [-0.1, -0.05) is 26.2 Å². The van der Waals surface area contributed by atoms with E-state index in [0.29, 0.717) is 29.4 Å². The van der Waals surface area contributed by atoms with Crippen molar-refractivity contribution in [2.45, 2.75) is 76.3 Å². The molecule has 2 aromatic heterocycles. The molecule has 2 aromatic rings. The number of aliphatic hydroxyl groups excluding tert-OH is 1. The van der Waals surface area contributed by atoms with E-state index in [4.69, 9.17) is 19.9 Å². The average Bonchev–Trinajstić information content (AvgIpc) is 3.35. The summed E-state index contributed by atoms with van der Waals surface area (Å²) in [6.45, 7) is 1.57. The molecule has 0 bridgehead atoms. The molecule has 0 aromatic carbocycles. The molecule has 10 heteroatoms. The Morgan fingerprint density at radius 2 is 2.03 bits per heavy atom. The van der Waals surface area contributed by atoms with E-state index in [1.165, 1.54) is 17.3 Å². The van der Waals surface area contributed by atoms with Gasteiger partial charge in [-0.2, -0.15) is 5.10 Å². The summed E-state index contributed by atoms with van der Waals surface area (Å²) >= 11 is 0. The van der Waals surface area contributed by atoms with E-state index in [9.17, 15) is 14.7 Å². The molecule has 10 nitrogen and oxygen atoms in total. The van der Waals surface area contributed by atoms with Gasteiger partial charge < -0.3 is 25.1 Å². The predicted octanol–water partition coefficient (Wildman–Crippen LogP) is 1.95. The first-order valence-corrected chi connectivity index (χ1v) is 11.2. The number of nitrogens with zero attached hydrogens (tertiary/aromatic N) is 3. The van der Waals surface area contributed by atoms with Crippen LogP contribution in [0.2, 0.25) is 0 Å². The van der Waals surface area contributed by atoms with Crippen molar-refractivity contribution in [3.05, 3.63) is 24.2 Å². The molecule has 32 heavy (non-hydrogen) atoms. The van der Waals surface area contributed by atoms with Crippen LogP contribution in [-0.2, 0) is 23.8 Å². The summed E-state index contributed by atoms with van der Waals surface area (Å²) in [6.07, 6.45) is 3.53. The Bertz CT molecular complexity index is 957. The van der Waals surface area contributed by atoms with E-state index in [1.54, 1.807) is 19.1 Å². The van der Waals surface area contributed by atoms with E-state index >= 15 is 0 Å². The van der Waals surface area contributed by atoms with Crippen molar-refractivity contribution >= 4 is 23.3 Å². The zero-order chi connectivity index (χ0) is 22.7. The van der Waals surface area contributed by atoms with Crippen LogP contribution in [0.15, 0.2) is 18.5 Å². The Morgan fingerprint density at radius 3 is 2.78 bits per heavy atom. The van der Waals surface area contributed by atoms with Gasteiger partial charge in [0.05, 0.1) is 5.69 Å².